The van der Waals surface area contributed by atoms with E-state index in [2.05, 4.69) is 5.32 Å². The number of hydrogen-bond donors (Lipinski definition) is 1. The van der Waals surface area contributed by atoms with Gasteiger partial charge in [-0.2, -0.15) is 0 Å². The molecule has 8 heteroatoms. The Morgan fingerprint density at radius 2 is 1.83 bits per heavy atom. The number of imide groups is 1. The van der Waals surface area contributed by atoms with Gasteiger partial charge in [-0.15, -0.1) is 11.3 Å². The lowest BCUT2D eigenvalue weighted by Gasteiger charge is -2.18. The molecule has 0 aliphatic carbocycles. The van der Waals surface area contributed by atoms with Crippen LogP contribution in [0.3, 0.4) is 0 Å². The second-order valence-electron chi connectivity index (χ2n) is 6.58. The van der Waals surface area contributed by atoms with Crippen LogP contribution in [0.5, 0.6) is 5.75 Å². The van der Waals surface area contributed by atoms with Gasteiger partial charge in [0.15, 0.2) is 0 Å². The molecule has 30 heavy (non-hydrogen) atoms. The molecule has 0 fully saturated rings. The van der Waals surface area contributed by atoms with Crippen molar-refractivity contribution in [1.82, 2.24) is 0 Å². The molecular formula is C22H16Cl2N2O3S. The fourth-order valence-electron chi connectivity index (χ4n) is 3.27. The molecule has 2 amide bonds. The van der Waals surface area contributed by atoms with Crippen molar-refractivity contribution in [3.05, 3.63) is 80.1 Å². The molecule has 0 radical (unpaired) electrons. The smallest absolute Gasteiger partial charge is 0.282 e. The summed E-state index contributed by atoms with van der Waals surface area (Å²) in [5.74, 6) is -0.322. The maximum Gasteiger partial charge on any atom is 0.282 e. The van der Waals surface area contributed by atoms with Crippen molar-refractivity contribution in [3.8, 4) is 5.75 Å². The van der Waals surface area contributed by atoms with E-state index in [4.69, 9.17) is 27.9 Å². The Balaban J connectivity index is 1.79. The highest BCUT2D eigenvalue weighted by Crippen LogP contribution is 2.38. The zero-order valence-electron chi connectivity index (χ0n) is 16.0. The van der Waals surface area contributed by atoms with Gasteiger partial charge in [0.2, 0.25) is 0 Å². The summed E-state index contributed by atoms with van der Waals surface area (Å²) in [4.78, 5) is 28.6. The Kier molecular flexibility index (Phi) is 5.56. The van der Waals surface area contributed by atoms with E-state index < -0.39 is 11.8 Å². The third-order valence-electron chi connectivity index (χ3n) is 4.67. The number of nitrogens with one attached hydrogen (secondary N) is 1. The van der Waals surface area contributed by atoms with E-state index in [1.807, 2.05) is 17.5 Å². The Hall–Kier alpha value is -2.80. The first-order chi connectivity index (χ1) is 14.4. The first-order valence-corrected chi connectivity index (χ1v) is 10.6. The molecule has 1 aromatic heterocycles. The minimum atomic E-state index is -0.444. The average Bonchev–Trinajstić information content (AvgIpc) is 3.30. The van der Waals surface area contributed by atoms with Gasteiger partial charge in [-0.1, -0.05) is 29.3 Å². The molecule has 0 spiro atoms. The summed E-state index contributed by atoms with van der Waals surface area (Å²) in [6, 6.07) is 13.8. The summed E-state index contributed by atoms with van der Waals surface area (Å²) in [5.41, 5.74) is 2.30. The van der Waals surface area contributed by atoms with Gasteiger partial charge in [0, 0.05) is 15.6 Å². The van der Waals surface area contributed by atoms with Crippen LogP contribution in [0.2, 0.25) is 10.0 Å². The van der Waals surface area contributed by atoms with Gasteiger partial charge < -0.3 is 10.1 Å². The van der Waals surface area contributed by atoms with E-state index in [-0.39, 0.29) is 5.70 Å². The van der Waals surface area contributed by atoms with Gasteiger partial charge in [0.05, 0.1) is 23.4 Å². The third kappa shape index (κ3) is 3.58. The van der Waals surface area contributed by atoms with Crippen molar-refractivity contribution in [3.63, 3.8) is 0 Å². The summed E-state index contributed by atoms with van der Waals surface area (Å²) in [5, 5.41) is 5.88. The summed E-state index contributed by atoms with van der Waals surface area (Å²) in [7, 11) is 1.53. The van der Waals surface area contributed by atoms with Crippen molar-refractivity contribution in [2.45, 2.75) is 6.92 Å². The molecule has 1 N–H and O–H groups in total. The molecule has 1 aliphatic heterocycles. The van der Waals surface area contributed by atoms with Crippen LogP contribution in [0.25, 0.3) is 5.57 Å². The summed E-state index contributed by atoms with van der Waals surface area (Å²) in [6.07, 6.45) is 0. The van der Waals surface area contributed by atoms with E-state index in [1.54, 1.807) is 43.3 Å². The standard InChI is InChI=1S/C22H16Cl2N2O3S/c1-12-10-13(23)5-7-16(12)26-21(27)19(18-4-3-9-30-18)20(22(26)28)25-14-6-8-17(29-2)15(24)11-14/h3-11,25H,1-2H3. The van der Waals surface area contributed by atoms with Gasteiger partial charge in [-0.25, -0.2) is 4.90 Å². The zero-order valence-corrected chi connectivity index (χ0v) is 18.4. The zero-order chi connectivity index (χ0) is 21.4. The van der Waals surface area contributed by atoms with Gasteiger partial charge >= 0.3 is 0 Å². The van der Waals surface area contributed by atoms with E-state index in [0.717, 1.165) is 5.56 Å². The van der Waals surface area contributed by atoms with Crippen LogP contribution in [-0.4, -0.2) is 18.9 Å². The monoisotopic (exact) mass is 458 g/mol. The van der Waals surface area contributed by atoms with Crippen LogP contribution in [0.1, 0.15) is 10.4 Å². The Labute approximate surface area is 187 Å². The first kappa shape index (κ1) is 20.5. The number of aryl methyl sites for hydroxylation is 1. The molecule has 4 rings (SSSR count). The molecule has 0 unspecified atom stereocenters. The van der Waals surface area contributed by atoms with Crippen LogP contribution < -0.4 is 15.0 Å². The van der Waals surface area contributed by atoms with E-state index in [1.165, 1.54) is 23.3 Å². The Morgan fingerprint density at radius 1 is 1.03 bits per heavy atom. The minimum absolute atomic E-state index is 0.193. The predicted octanol–water partition coefficient (Wildman–Crippen LogP) is 5.77. The second-order valence-corrected chi connectivity index (χ2v) is 8.37. The summed E-state index contributed by atoms with van der Waals surface area (Å²) < 4.78 is 5.18. The Bertz CT molecular complexity index is 1190. The first-order valence-electron chi connectivity index (χ1n) is 8.94. The summed E-state index contributed by atoms with van der Waals surface area (Å²) >= 11 is 13.7. The number of methoxy groups -OCH3 is 1. The van der Waals surface area contributed by atoms with E-state index >= 15 is 0 Å². The lowest BCUT2D eigenvalue weighted by molar-refractivity contribution is -0.120. The van der Waals surface area contributed by atoms with Gasteiger partial charge in [0.25, 0.3) is 11.8 Å². The number of carbonyl (C=O) groups excluding carboxylic acids is 2. The quantitative estimate of drug-likeness (QED) is 0.493. The largest absolute Gasteiger partial charge is 0.495 e. The molecule has 1 aliphatic rings. The van der Waals surface area contributed by atoms with E-state index in [0.29, 0.717) is 37.6 Å². The fourth-order valence-corrected chi connectivity index (χ4v) is 4.52. The highest BCUT2D eigenvalue weighted by atomic mass is 35.5. The number of benzene rings is 2. The van der Waals surface area contributed by atoms with Crippen LogP contribution in [-0.2, 0) is 9.59 Å². The normalized spacial score (nSPS) is 13.9. The van der Waals surface area contributed by atoms with E-state index in [9.17, 15) is 9.59 Å². The highest BCUT2D eigenvalue weighted by molar-refractivity contribution is 7.11. The molecule has 0 saturated carbocycles. The second kappa shape index (κ2) is 8.14. The van der Waals surface area contributed by atoms with Crippen molar-refractivity contribution < 1.29 is 14.3 Å². The van der Waals surface area contributed by atoms with Crippen molar-refractivity contribution in [2.24, 2.45) is 0 Å². The lowest BCUT2D eigenvalue weighted by Crippen LogP contribution is -2.32. The SMILES string of the molecule is COc1ccc(NC2=C(c3cccs3)C(=O)N(c3ccc(Cl)cc3C)C2=O)cc1Cl. The van der Waals surface area contributed by atoms with Crippen LogP contribution in [0.15, 0.2) is 59.6 Å². The Morgan fingerprint density at radius 3 is 2.47 bits per heavy atom. The number of nitrogens with zero attached hydrogens (tertiary/aromatic N) is 1. The van der Waals surface area contributed by atoms with Crippen molar-refractivity contribution >= 4 is 63.3 Å². The van der Waals surface area contributed by atoms with Gasteiger partial charge in [0.1, 0.15) is 11.4 Å². The molecule has 2 aromatic carbocycles. The van der Waals surface area contributed by atoms with Gasteiger partial charge in [-0.05, 0) is 60.3 Å². The third-order valence-corrected chi connectivity index (χ3v) is 6.09. The molecule has 0 atom stereocenters. The molecule has 2 heterocycles. The van der Waals surface area contributed by atoms with Crippen molar-refractivity contribution in [1.29, 1.82) is 0 Å². The number of thiophene rings is 1. The average molecular weight is 459 g/mol. The molecule has 152 valence electrons. The molecule has 3 aromatic rings. The van der Waals surface area contributed by atoms with Crippen molar-refractivity contribution in [2.75, 3.05) is 17.3 Å². The maximum absolute atomic E-state index is 13.4. The molecule has 5 nitrogen and oxygen atoms in total. The number of anilines is 2. The number of hydrogen-bond acceptors (Lipinski definition) is 5. The van der Waals surface area contributed by atoms with Crippen LogP contribution >= 0.6 is 34.5 Å². The lowest BCUT2D eigenvalue weighted by atomic mass is 10.1. The fraction of sp³-hybridized carbons (Fsp3) is 0.0909. The van der Waals surface area contributed by atoms with Crippen LogP contribution in [0, 0.1) is 6.92 Å². The highest BCUT2D eigenvalue weighted by Gasteiger charge is 2.41. The predicted molar refractivity (Wildman–Crippen MR) is 122 cm³/mol. The maximum atomic E-state index is 13.4. The number of rotatable bonds is 5. The number of halogens is 2. The molecular weight excluding hydrogens is 443 g/mol. The number of amides is 2. The number of carbonyl (C=O) groups is 2. The summed E-state index contributed by atoms with van der Waals surface area (Å²) in [6.45, 7) is 1.81. The topological polar surface area (TPSA) is 58.6 Å². The minimum Gasteiger partial charge on any atom is -0.495 e. The van der Waals surface area contributed by atoms with Crippen LogP contribution in [0.4, 0.5) is 11.4 Å². The number of ether oxygens (including phenoxy) is 1. The molecule has 0 bridgehead atoms. The molecule has 0 saturated heterocycles. The van der Waals surface area contributed by atoms with Gasteiger partial charge in [-0.3, -0.25) is 9.59 Å².